The van der Waals surface area contributed by atoms with Gasteiger partial charge in [0.05, 0.1) is 33.7 Å². The molecule has 152 valence electrons. The van der Waals surface area contributed by atoms with Crippen LogP contribution in [0.15, 0.2) is 41.3 Å². The number of rotatable bonds is 4. The predicted octanol–water partition coefficient (Wildman–Crippen LogP) is 3.02. The number of amides is 1. The Morgan fingerprint density at radius 1 is 1.07 bits per heavy atom. The average molecular weight is 454 g/mol. The molecule has 0 saturated carbocycles. The molecule has 0 aromatic heterocycles. The zero-order valence-electron chi connectivity index (χ0n) is 15.4. The molecule has 2 aromatic carbocycles. The Labute approximate surface area is 179 Å². The van der Waals surface area contributed by atoms with Crippen molar-refractivity contribution in [2.24, 2.45) is 0 Å². The number of hydrogen-bond donors (Lipinski definition) is 0. The molecule has 29 heavy (non-hydrogen) atoms. The molecular weight excluding hydrogens is 437 g/mol. The van der Waals surface area contributed by atoms with Gasteiger partial charge in [-0.25, -0.2) is 8.42 Å². The maximum absolute atomic E-state index is 12.8. The van der Waals surface area contributed by atoms with Crippen LogP contribution in [0.2, 0.25) is 10.0 Å². The van der Waals surface area contributed by atoms with Crippen molar-refractivity contribution in [3.8, 4) is 11.8 Å². The van der Waals surface area contributed by atoms with Crippen LogP contribution in [0.1, 0.15) is 15.9 Å². The Morgan fingerprint density at radius 3 is 2.10 bits per heavy atom. The molecule has 10 heteroatoms. The predicted molar refractivity (Wildman–Crippen MR) is 109 cm³/mol. The first-order chi connectivity index (χ1) is 13.8. The van der Waals surface area contributed by atoms with Gasteiger partial charge in [-0.15, -0.1) is 0 Å². The Kier molecular flexibility index (Phi) is 6.34. The van der Waals surface area contributed by atoms with E-state index < -0.39 is 10.0 Å². The Morgan fingerprint density at radius 2 is 1.62 bits per heavy atom. The molecule has 1 saturated heterocycles. The van der Waals surface area contributed by atoms with Crippen molar-refractivity contribution >= 4 is 39.1 Å². The van der Waals surface area contributed by atoms with E-state index in [0.29, 0.717) is 16.9 Å². The van der Waals surface area contributed by atoms with Crippen molar-refractivity contribution in [2.45, 2.75) is 4.90 Å². The average Bonchev–Trinajstić information content (AvgIpc) is 2.73. The molecule has 1 heterocycles. The van der Waals surface area contributed by atoms with Crippen LogP contribution in [0, 0.1) is 11.3 Å². The van der Waals surface area contributed by atoms with Crippen LogP contribution < -0.4 is 4.74 Å². The molecule has 0 unspecified atom stereocenters. The van der Waals surface area contributed by atoms with Crippen LogP contribution in [-0.4, -0.2) is 56.8 Å². The summed E-state index contributed by atoms with van der Waals surface area (Å²) in [5, 5.41) is 9.30. The van der Waals surface area contributed by atoms with Gasteiger partial charge < -0.3 is 9.64 Å². The van der Waals surface area contributed by atoms with Crippen molar-refractivity contribution in [3.05, 3.63) is 57.6 Å². The lowest BCUT2D eigenvalue weighted by Gasteiger charge is -2.34. The van der Waals surface area contributed by atoms with Gasteiger partial charge in [0.25, 0.3) is 5.91 Å². The van der Waals surface area contributed by atoms with Crippen molar-refractivity contribution in [3.63, 3.8) is 0 Å². The standard InChI is InChI=1S/C19H17Cl2N3O4S/c1-28-18-16(20)10-14(11-17(18)21)19(25)23-6-8-24(9-7-23)29(26,27)15-4-2-13(12-22)3-5-15/h2-5,10-11H,6-9H2,1H3. The summed E-state index contributed by atoms with van der Waals surface area (Å²) >= 11 is 12.2. The molecule has 0 N–H and O–H groups in total. The van der Waals surface area contributed by atoms with Gasteiger partial charge in [-0.05, 0) is 36.4 Å². The maximum Gasteiger partial charge on any atom is 0.254 e. The molecule has 0 aliphatic carbocycles. The van der Waals surface area contributed by atoms with Crippen LogP contribution in [-0.2, 0) is 10.0 Å². The smallest absolute Gasteiger partial charge is 0.254 e. The number of nitriles is 1. The summed E-state index contributed by atoms with van der Waals surface area (Å²) in [6, 6.07) is 10.7. The van der Waals surface area contributed by atoms with Gasteiger partial charge in [0.2, 0.25) is 10.0 Å². The third-order valence-corrected chi connectivity index (χ3v) is 7.07. The summed E-state index contributed by atoms with van der Waals surface area (Å²) in [6.45, 7) is 0.780. The highest BCUT2D eigenvalue weighted by Gasteiger charge is 2.30. The third kappa shape index (κ3) is 4.33. The first-order valence-corrected chi connectivity index (χ1v) is 10.8. The number of nitrogens with zero attached hydrogens (tertiary/aromatic N) is 3. The van der Waals surface area contributed by atoms with Gasteiger partial charge in [0, 0.05) is 31.7 Å². The highest BCUT2D eigenvalue weighted by molar-refractivity contribution is 7.89. The number of piperazine rings is 1. The highest BCUT2D eigenvalue weighted by Crippen LogP contribution is 2.34. The maximum atomic E-state index is 12.8. The molecule has 3 rings (SSSR count). The molecule has 1 amide bonds. The molecule has 0 bridgehead atoms. The molecular formula is C19H17Cl2N3O4S. The van der Waals surface area contributed by atoms with Gasteiger partial charge in [0.15, 0.2) is 5.75 Å². The first-order valence-electron chi connectivity index (χ1n) is 8.60. The zero-order chi connectivity index (χ0) is 21.2. The van der Waals surface area contributed by atoms with E-state index in [4.69, 9.17) is 33.2 Å². The monoisotopic (exact) mass is 453 g/mol. The summed E-state index contributed by atoms with van der Waals surface area (Å²) in [5.74, 6) is 0.00934. The largest absolute Gasteiger partial charge is 0.494 e. The molecule has 1 aliphatic rings. The number of halogens is 2. The highest BCUT2D eigenvalue weighted by atomic mass is 35.5. The molecule has 1 aliphatic heterocycles. The molecule has 1 fully saturated rings. The van der Waals surface area contributed by atoms with E-state index in [2.05, 4.69) is 0 Å². The molecule has 2 aromatic rings. The summed E-state index contributed by atoms with van der Waals surface area (Å²) < 4.78 is 32.0. The van der Waals surface area contributed by atoms with E-state index in [-0.39, 0.29) is 47.0 Å². The number of methoxy groups -OCH3 is 1. The van der Waals surface area contributed by atoms with Crippen LogP contribution >= 0.6 is 23.2 Å². The van der Waals surface area contributed by atoms with Crippen LogP contribution in [0.25, 0.3) is 0 Å². The van der Waals surface area contributed by atoms with E-state index >= 15 is 0 Å². The lowest BCUT2D eigenvalue weighted by atomic mass is 10.1. The van der Waals surface area contributed by atoms with E-state index in [0.717, 1.165) is 0 Å². The minimum atomic E-state index is -3.70. The Hall–Kier alpha value is -2.31. The fourth-order valence-electron chi connectivity index (χ4n) is 3.04. The van der Waals surface area contributed by atoms with Crippen molar-refractivity contribution in [1.29, 1.82) is 5.26 Å². The molecule has 0 atom stereocenters. The zero-order valence-corrected chi connectivity index (χ0v) is 17.8. The Bertz CT molecular complexity index is 1050. The van der Waals surface area contributed by atoms with E-state index in [9.17, 15) is 13.2 Å². The van der Waals surface area contributed by atoms with Gasteiger partial charge in [-0.1, -0.05) is 23.2 Å². The summed E-state index contributed by atoms with van der Waals surface area (Å²) in [5.41, 5.74) is 0.695. The number of ether oxygens (including phenoxy) is 1. The van der Waals surface area contributed by atoms with E-state index in [1.165, 1.54) is 47.8 Å². The third-order valence-electron chi connectivity index (χ3n) is 4.60. The number of carbonyl (C=O) groups excluding carboxylic acids is 1. The summed E-state index contributed by atoms with van der Waals surface area (Å²) in [4.78, 5) is 14.4. The number of benzene rings is 2. The lowest BCUT2D eigenvalue weighted by molar-refractivity contribution is 0.0698. The van der Waals surface area contributed by atoms with Crippen molar-refractivity contribution in [2.75, 3.05) is 33.3 Å². The van der Waals surface area contributed by atoms with E-state index in [1.54, 1.807) is 4.90 Å². The van der Waals surface area contributed by atoms with Crippen molar-refractivity contribution in [1.82, 2.24) is 9.21 Å². The van der Waals surface area contributed by atoms with Gasteiger partial charge in [0.1, 0.15) is 0 Å². The van der Waals surface area contributed by atoms with Crippen LogP contribution in [0.5, 0.6) is 5.75 Å². The fraction of sp³-hybridized carbons (Fsp3) is 0.263. The minimum absolute atomic E-state index is 0.116. The molecule has 7 nitrogen and oxygen atoms in total. The van der Waals surface area contributed by atoms with Gasteiger partial charge >= 0.3 is 0 Å². The van der Waals surface area contributed by atoms with Gasteiger partial charge in [-0.2, -0.15) is 9.57 Å². The SMILES string of the molecule is COc1c(Cl)cc(C(=O)N2CCN(S(=O)(=O)c3ccc(C#N)cc3)CC2)cc1Cl. The molecule has 0 spiro atoms. The first kappa shape index (κ1) is 21.4. The summed E-state index contributed by atoms with van der Waals surface area (Å²) in [7, 11) is -2.26. The van der Waals surface area contributed by atoms with Crippen molar-refractivity contribution < 1.29 is 17.9 Å². The van der Waals surface area contributed by atoms with E-state index in [1.807, 2.05) is 6.07 Å². The second kappa shape index (κ2) is 8.59. The second-order valence-corrected chi connectivity index (χ2v) is 9.06. The number of hydrogen-bond acceptors (Lipinski definition) is 5. The summed E-state index contributed by atoms with van der Waals surface area (Å²) in [6.07, 6.45) is 0. The fourth-order valence-corrected chi connectivity index (χ4v) is 5.11. The van der Waals surface area contributed by atoms with Gasteiger partial charge in [-0.3, -0.25) is 4.79 Å². The van der Waals surface area contributed by atoms with Crippen LogP contribution in [0.4, 0.5) is 0 Å². The van der Waals surface area contributed by atoms with Crippen LogP contribution in [0.3, 0.4) is 0 Å². The lowest BCUT2D eigenvalue weighted by Crippen LogP contribution is -2.50. The minimum Gasteiger partial charge on any atom is -0.494 e. The second-order valence-electron chi connectivity index (χ2n) is 6.31. The quantitative estimate of drug-likeness (QED) is 0.709. The Balaban J connectivity index is 1.71. The topological polar surface area (TPSA) is 90.7 Å². The number of carbonyl (C=O) groups is 1. The molecule has 0 radical (unpaired) electrons. The normalized spacial score (nSPS) is 15.0. The number of sulfonamides is 1.